The fraction of sp³-hybridized carbons (Fsp3) is 0.125. The van der Waals surface area contributed by atoms with E-state index in [9.17, 15) is 0 Å². The van der Waals surface area contributed by atoms with Crippen molar-refractivity contribution in [1.29, 1.82) is 15.8 Å². The minimum absolute atomic E-state index is 0.0591. The third-order valence-electron chi connectivity index (χ3n) is 3.05. The highest BCUT2D eigenvalue weighted by molar-refractivity contribution is 5.94. The van der Waals surface area contributed by atoms with Crippen molar-refractivity contribution >= 4 is 16.6 Å². The molecule has 1 aromatic heterocycles. The molecule has 0 saturated carbocycles. The first kappa shape index (κ1) is 14.1. The standard InChI is InChI=1S/C16H11N5/c1-10-3-6-14-13(5-4-11(2)20-14)16(10)21-15(9-19)12(7-17)8-18/h3-6,21H,1-2H3. The van der Waals surface area contributed by atoms with Crippen molar-refractivity contribution in [3.63, 3.8) is 0 Å². The zero-order chi connectivity index (χ0) is 15.4. The summed E-state index contributed by atoms with van der Waals surface area (Å²) in [6.45, 7) is 3.78. The number of nitrogens with one attached hydrogen (secondary N) is 1. The Hall–Kier alpha value is -3.36. The molecule has 0 saturated heterocycles. The van der Waals surface area contributed by atoms with Crippen LogP contribution in [0.2, 0.25) is 0 Å². The molecule has 1 aromatic carbocycles. The molecule has 0 aliphatic rings. The van der Waals surface area contributed by atoms with E-state index in [4.69, 9.17) is 15.8 Å². The van der Waals surface area contributed by atoms with Gasteiger partial charge in [-0.3, -0.25) is 4.98 Å². The molecule has 100 valence electrons. The van der Waals surface area contributed by atoms with Crippen LogP contribution in [0.15, 0.2) is 35.5 Å². The van der Waals surface area contributed by atoms with Crippen LogP contribution in [-0.2, 0) is 0 Å². The number of aryl methyl sites for hydroxylation is 2. The number of hydrogen-bond acceptors (Lipinski definition) is 5. The molecule has 2 rings (SSSR count). The number of anilines is 1. The lowest BCUT2D eigenvalue weighted by atomic mass is 10.1. The summed E-state index contributed by atoms with van der Waals surface area (Å²) in [6, 6.07) is 12.8. The first-order chi connectivity index (χ1) is 10.1. The number of benzene rings is 1. The third kappa shape index (κ3) is 2.66. The Bertz CT molecular complexity index is 856. The van der Waals surface area contributed by atoms with Gasteiger partial charge in [0.05, 0.1) is 11.2 Å². The van der Waals surface area contributed by atoms with Crippen molar-refractivity contribution in [3.8, 4) is 18.2 Å². The van der Waals surface area contributed by atoms with Crippen LogP contribution in [-0.4, -0.2) is 4.98 Å². The second kappa shape index (κ2) is 5.74. The minimum atomic E-state index is -0.242. The maximum Gasteiger partial charge on any atom is 0.163 e. The SMILES string of the molecule is Cc1ccc2c(NC(C#N)=C(C#N)C#N)c(C)ccc2n1. The number of aromatic nitrogens is 1. The van der Waals surface area contributed by atoms with Crippen molar-refractivity contribution in [2.75, 3.05) is 5.32 Å². The largest absolute Gasteiger partial charge is 0.344 e. The van der Waals surface area contributed by atoms with Crippen LogP contribution in [0, 0.1) is 47.8 Å². The monoisotopic (exact) mass is 273 g/mol. The molecule has 0 radical (unpaired) electrons. The highest BCUT2D eigenvalue weighted by Crippen LogP contribution is 2.28. The number of fused-ring (bicyclic) bond motifs is 1. The van der Waals surface area contributed by atoms with E-state index in [-0.39, 0.29) is 11.3 Å². The smallest absolute Gasteiger partial charge is 0.163 e. The predicted molar refractivity (Wildman–Crippen MR) is 78.7 cm³/mol. The first-order valence-corrected chi connectivity index (χ1v) is 6.19. The molecular formula is C16H11N5. The number of rotatable bonds is 2. The fourth-order valence-electron chi connectivity index (χ4n) is 1.99. The summed E-state index contributed by atoms with van der Waals surface area (Å²) in [7, 11) is 0. The van der Waals surface area contributed by atoms with Gasteiger partial charge in [0.2, 0.25) is 0 Å². The van der Waals surface area contributed by atoms with Crippen LogP contribution >= 0.6 is 0 Å². The average Bonchev–Trinajstić information content (AvgIpc) is 2.49. The van der Waals surface area contributed by atoms with E-state index in [2.05, 4.69) is 10.3 Å². The Morgan fingerprint density at radius 3 is 2.33 bits per heavy atom. The Labute approximate surface area is 122 Å². The van der Waals surface area contributed by atoms with Crippen LogP contribution in [0.3, 0.4) is 0 Å². The third-order valence-corrected chi connectivity index (χ3v) is 3.05. The van der Waals surface area contributed by atoms with E-state index in [0.717, 1.165) is 22.2 Å². The van der Waals surface area contributed by atoms with Crippen molar-refractivity contribution in [1.82, 2.24) is 4.98 Å². The molecule has 1 heterocycles. The lowest BCUT2D eigenvalue weighted by molar-refractivity contribution is 1.25. The molecule has 0 atom stereocenters. The molecule has 0 amide bonds. The van der Waals surface area contributed by atoms with Gasteiger partial charge in [-0.1, -0.05) is 6.07 Å². The molecule has 1 N–H and O–H groups in total. The van der Waals surface area contributed by atoms with Crippen molar-refractivity contribution < 1.29 is 0 Å². The lowest BCUT2D eigenvalue weighted by Crippen LogP contribution is -2.03. The van der Waals surface area contributed by atoms with Crippen LogP contribution in [0.25, 0.3) is 10.9 Å². The van der Waals surface area contributed by atoms with E-state index in [1.165, 1.54) is 0 Å². The maximum atomic E-state index is 9.14. The Kier molecular flexibility index (Phi) is 3.84. The van der Waals surface area contributed by atoms with Gasteiger partial charge < -0.3 is 5.32 Å². The normalized spacial score (nSPS) is 9.29. The summed E-state index contributed by atoms with van der Waals surface area (Å²) < 4.78 is 0. The highest BCUT2D eigenvalue weighted by atomic mass is 14.9. The van der Waals surface area contributed by atoms with E-state index in [1.807, 2.05) is 44.2 Å². The molecule has 21 heavy (non-hydrogen) atoms. The molecule has 5 nitrogen and oxygen atoms in total. The molecule has 0 unspecified atom stereocenters. The van der Waals surface area contributed by atoms with Gasteiger partial charge >= 0.3 is 0 Å². The van der Waals surface area contributed by atoms with Gasteiger partial charge in [0, 0.05) is 11.1 Å². The molecule has 0 bridgehead atoms. The molecule has 2 aromatic rings. The first-order valence-electron chi connectivity index (χ1n) is 6.19. The second-order valence-corrected chi connectivity index (χ2v) is 4.49. The summed E-state index contributed by atoms with van der Waals surface area (Å²) in [4.78, 5) is 4.43. The molecule has 0 aliphatic heterocycles. The number of nitrogens with zero attached hydrogens (tertiary/aromatic N) is 4. The Morgan fingerprint density at radius 2 is 1.71 bits per heavy atom. The van der Waals surface area contributed by atoms with Crippen LogP contribution in [0.1, 0.15) is 11.3 Å². The van der Waals surface area contributed by atoms with Gasteiger partial charge in [-0.25, -0.2) is 0 Å². The highest BCUT2D eigenvalue weighted by Gasteiger charge is 2.11. The molecule has 0 spiro atoms. The van der Waals surface area contributed by atoms with Crippen molar-refractivity contribution in [3.05, 3.63) is 46.8 Å². The maximum absolute atomic E-state index is 9.14. The number of allylic oxidation sites excluding steroid dienone is 2. The predicted octanol–water partition coefficient (Wildman–Crippen LogP) is 3.09. The minimum Gasteiger partial charge on any atom is -0.344 e. The topological polar surface area (TPSA) is 96.3 Å². The summed E-state index contributed by atoms with van der Waals surface area (Å²) >= 11 is 0. The molecular weight excluding hydrogens is 262 g/mol. The average molecular weight is 273 g/mol. The van der Waals surface area contributed by atoms with Crippen molar-refractivity contribution in [2.45, 2.75) is 13.8 Å². The summed E-state index contributed by atoms with van der Waals surface area (Å²) in [5.74, 6) is 0. The number of pyridine rings is 1. The van der Waals surface area contributed by atoms with Crippen molar-refractivity contribution in [2.24, 2.45) is 0 Å². The zero-order valence-electron chi connectivity index (χ0n) is 11.6. The summed E-state index contributed by atoms with van der Waals surface area (Å²) in [6.07, 6.45) is 0. The number of hydrogen-bond donors (Lipinski definition) is 1. The van der Waals surface area contributed by atoms with Gasteiger partial charge in [0.1, 0.15) is 23.9 Å². The van der Waals surface area contributed by atoms with Gasteiger partial charge in [-0.2, -0.15) is 15.8 Å². The second-order valence-electron chi connectivity index (χ2n) is 4.49. The molecule has 5 heteroatoms. The molecule has 0 fully saturated rings. The van der Waals surface area contributed by atoms with Gasteiger partial charge in [-0.15, -0.1) is 0 Å². The van der Waals surface area contributed by atoms with Crippen LogP contribution < -0.4 is 5.32 Å². The van der Waals surface area contributed by atoms with Gasteiger partial charge in [0.25, 0.3) is 0 Å². The molecule has 0 aliphatic carbocycles. The van der Waals surface area contributed by atoms with E-state index in [0.29, 0.717) is 5.69 Å². The lowest BCUT2D eigenvalue weighted by Gasteiger charge is -2.12. The quantitative estimate of drug-likeness (QED) is 0.848. The van der Waals surface area contributed by atoms with Crippen LogP contribution in [0.5, 0.6) is 0 Å². The summed E-state index contributed by atoms with van der Waals surface area (Å²) in [5, 5.41) is 30.7. The summed E-state index contributed by atoms with van der Waals surface area (Å²) in [5.41, 5.74) is 2.96. The number of nitriles is 3. The van der Waals surface area contributed by atoms with Gasteiger partial charge in [-0.05, 0) is 37.6 Å². The van der Waals surface area contributed by atoms with E-state index < -0.39 is 0 Å². The van der Waals surface area contributed by atoms with Gasteiger partial charge in [0.15, 0.2) is 5.57 Å². The zero-order valence-corrected chi connectivity index (χ0v) is 11.6. The fourth-order valence-corrected chi connectivity index (χ4v) is 1.99. The van der Waals surface area contributed by atoms with E-state index in [1.54, 1.807) is 12.1 Å². The van der Waals surface area contributed by atoms with Crippen LogP contribution in [0.4, 0.5) is 5.69 Å². The Balaban J connectivity index is 2.66. The van der Waals surface area contributed by atoms with E-state index >= 15 is 0 Å². The Morgan fingerprint density at radius 1 is 1.00 bits per heavy atom.